The van der Waals surface area contributed by atoms with Crippen LogP contribution in [-0.4, -0.2) is 65.9 Å². The highest BCUT2D eigenvalue weighted by Crippen LogP contribution is 2.39. The van der Waals surface area contributed by atoms with Crippen LogP contribution in [-0.2, 0) is 9.59 Å². The lowest BCUT2D eigenvalue weighted by atomic mass is 9.94. The number of likely N-dealkylation sites (tertiary alicyclic amines) is 1. The van der Waals surface area contributed by atoms with Crippen molar-refractivity contribution < 1.29 is 19.4 Å². The molecular formula is C22H25N3O4. The molecular weight excluding hydrogens is 370 g/mol. The highest BCUT2D eigenvalue weighted by Gasteiger charge is 2.46. The van der Waals surface area contributed by atoms with Gasteiger partial charge in [-0.3, -0.25) is 14.6 Å². The number of aryl methyl sites for hydroxylation is 1. The van der Waals surface area contributed by atoms with Crippen LogP contribution in [0.4, 0.5) is 0 Å². The number of aliphatic hydroxyl groups is 1. The van der Waals surface area contributed by atoms with Gasteiger partial charge in [0.25, 0.3) is 11.7 Å². The lowest BCUT2D eigenvalue weighted by Crippen LogP contribution is -2.35. The molecule has 0 spiro atoms. The largest absolute Gasteiger partial charge is 0.507 e. The van der Waals surface area contributed by atoms with Crippen LogP contribution in [0.1, 0.15) is 22.7 Å². The summed E-state index contributed by atoms with van der Waals surface area (Å²) in [5.74, 6) is -0.849. The molecule has 1 saturated heterocycles. The molecule has 0 aliphatic carbocycles. The number of Topliss-reactive ketones (excluding diaryl/α,β-unsaturated/α-hetero) is 1. The molecule has 1 aromatic carbocycles. The molecule has 0 saturated carbocycles. The monoisotopic (exact) mass is 395 g/mol. The number of pyridine rings is 1. The third kappa shape index (κ3) is 4.00. The number of benzene rings is 1. The van der Waals surface area contributed by atoms with Gasteiger partial charge in [-0.1, -0.05) is 6.07 Å². The fourth-order valence-electron chi connectivity index (χ4n) is 3.48. The van der Waals surface area contributed by atoms with E-state index in [1.165, 1.54) is 4.90 Å². The van der Waals surface area contributed by atoms with Crippen LogP contribution in [0.15, 0.2) is 48.3 Å². The first-order valence-electron chi connectivity index (χ1n) is 9.33. The van der Waals surface area contributed by atoms with Gasteiger partial charge in [0.15, 0.2) is 0 Å². The highest BCUT2D eigenvalue weighted by atomic mass is 16.5. The quantitative estimate of drug-likeness (QED) is 0.459. The first-order valence-corrected chi connectivity index (χ1v) is 9.33. The zero-order valence-electron chi connectivity index (χ0n) is 17.0. The molecule has 7 heteroatoms. The minimum absolute atomic E-state index is 0.0787. The number of aliphatic hydroxyl groups excluding tert-OH is 1. The molecule has 1 aromatic heterocycles. The van der Waals surface area contributed by atoms with Crippen molar-refractivity contribution in [2.45, 2.75) is 13.0 Å². The van der Waals surface area contributed by atoms with E-state index in [0.717, 1.165) is 5.56 Å². The van der Waals surface area contributed by atoms with E-state index < -0.39 is 17.7 Å². The topological polar surface area (TPSA) is 83.0 Å². The summed E-state index contributed by atoms with van der Waals surface area (Å²) in [5, 5.41) is 11.1. The minimum atomic E-state index is -0.690. The summed E-state index contributed by atoms with van der Waals surface area (Å²) in [6.45, 7) is 2.76. The molecule has 1 amide bonds. The van der Waals surface area contributed by atoms with Gasteiger partial charge in [0.1, 0.15) is 11.5 Å². The van der Waals surface area contributed by atoms with Gasteiger partial charge in [0, 0.05) is 31.0 Å². The van der Waals surface area contributed by atoms with E-state index in [9.17, 15) is 14.7 Å². The molecule has 1 atom stereocenters. The van der Waals surface area contributed by atoms with Gasteiger partial charge in [-0.25, -0.2) is 0 Å². The number of carbonyl (C=O) groups is 2. The summed E-state index contributed by atoms with van der Waals surface area (Å²) in [6, 6.07) is 8.04. The van der Waals surface area contributed by atoms with Crippen LogP contribution in [0.2, 0.25) is 0 Å². The number of hydrogen-bond acceptors (Lipinski definition) is 6. The Morgan fingerprint density at radius 1 is 1.28 bits per heavy atom. The predicted octanol–water partition coefficient (Wildman–Crippen LogP) is 2.38. The number of ether oxygens (including phenoxy) is 1. The number of hydrogen-bond donors (Lipinski definition) is 1. The van der Waals surface area contributed by atoms with E-state index in [-0.39, 0.29) is 11.3 Å². The number of likely N-dealkylation sites (N-methyl/N-ethyl adjacent to an activating group) is 1. The van der Waals surface area contributed by atoms with Crippen molar-refractivity contribution in [3.8, 4) is 5.75 Å². The van der Waals surface area contributed by atoms with E-state index in [1.807, 2.05) is 25.9 Å². The summed E-state index contributed by atoms with van der Waals surface area (Å²) in [7, 11) is 5.36. The number of carbonyl (C=O) groups excluding carboxylic acids is 2. The van der Waals surface area contributed by atoms with Gasteiger partial charge >= 0.3 is 0 Å². The normalized spacial score (nSPS) is 18.5. The smallest absolute Gasteiger partial charge is 0.295 e. The number of amides is 1. The Morgan fingerprint density at radius 2 is 2.03 bits per heavy atom. The molecule has 1 unspecified atom stereocenters. The lowest BCUT2D eigenvalue weighted by Gasteiger charge is -2.26. The summed E-state index contributed by atoms with van der Waals surface area (Å²) >= 11 is 0. The third-order valence-corrected chi connectivity index (χ3v) is 5.02. The van der Waals surface area contributed by atoms with Crippen molar-refractivity contribution in [3.05, 3.63) is 65.0 Å². The standard InChI is InChI=1S/C22H25N3O4/c1-14-12-16(29-4)7-8-17(14)20(26)18-19(15-6-5-9-23-13-15)25(11-10-24(2)3)22(28)21(18)27/h5-9,12-13,19,26H,10-11H2,1-4H3/b20-18-. The fourth-order valence-corrected chi connectivity index (χ4v) is 3.48. The van der Waals surface area contributed by atoms with Crippen molar-refractivity contribution in [1.29, 1.82) is 0 Å². The lowest BCUT2D eigenvalue weighted by molar-refractivity contribution is -0.140. The molecule has 152 valence electrons. The number of nitrogens with zero attached hydrogens (tertiary/aromatic N) is 3. The van der Waals surface area contributed by atoms with Crippen molar-refractivity contribution in [2.24, 2.45) is 0 Å². The Hall–Kier alpha value is -3.19. The van der Waals surface area contributed by atoms with Crippen LogP contribution in [0.3, 0.4) is 0 Å². The van der Waals surface area contributed by atoms with Crippen molar-refractivity contribution >= 4 is 17.4 Å². The maximum absolute atomic E-state index is 12.9. The van der Waals surface area contributed by atoms with Gasteiger partial charge in [-0.05, 0) is 56.4 Å². The van der Waals surface area contributed by atoms with E-state index >= 15 is 0 Å². The SMILES string of the molecule is COc1ccc(/C(O)=C2/C(=O)C(=O)N(CCN(C)C)C2c2cccnc2)c(C)c1. The second-order valence-corrected chi connectivity index (χ2v) is 7.26. The highest BCUT2D eigenvalue weighted by molar-refractivity contribution is 6.46. The zero-order valence-corrected chi connectivity index (χ0v) is 17.0. The maximum Gasteiger partial charge on any atom is 0.295 e. The molecule has 3 rings (SSSR count). The predicted molar refractivity (Wildman–Crippen MR) is 110 cm³/mol. The van der Waals surface area contributed by atoms with Gasteiger partial charge in [-0.2, -0.15) is 0 Å². The minimum Gasteiger partial charge on any atom is -0.507 e. The average molecular weight is 395 g/mol. The Morgan fingerprint density at radius 3 is 2.62 bits per heavy atom. The van der Waals surface area contributed by atoms with Gasteiger partial charge < -0.3 is 19.6 Å². The number of ketones is 1. The third-order valence-electron chi connectivity index (χ3n) is 5.02. The summed E-state index contributed by atoms with van der Waals surface area (Å²) < 4.78 is 5.22. The molecule has 1 aliphatic rings. The van der Waals surface area contributed by atoms with Crippen LogP contribution in [0, 0.1) is 6.92 Å². The summed E-state index contributed by atoms with van der Waals surface area (Å²) in [6.07, 6.45) is 3.25. The van der Waals surface area contributed by atoms with E-state index in [0.29, 0.717) is 30.0 Å². The second-order valence-electron chi connectivity index (χ2n) is 7.26. The van der Waals surface area contributed by atoms with Gasteiger partial charge in [0.2, 0.25) is 0 Å². The molecule has 0 radical (unpaired) electrons. The van der Waals surface area contributed by atoms with Crippen molar-refractivity contribution in [3.63, 3.8) is 0 Å². The summed E-state index contributed by atoms with van der Waals surface area (Å²) in [5.41, 5.74) is 1.99. The van der Waals surface area contributed by atoms with Crippen LogP contribution in [0.25, 0.3) is 5.76 Å². The number of rotatable bonds is 6. The Balaban J connectivity index is 2.15. The molecule has 0 bridgehead atoms. The second kappa shape index (κ2) is 8.45. The van der Waals surface area contributed by atoms with E-state index in [4.69, 9.17) is 4.74 Å². The molecule has 7 nitrogen and oxygen atoms in total. The fraction of sp³-hybridized carbons (Fsp3) is 0.318. The zero-order chi connectivity index (χ0) is 21.1. The molecule has 29 heavy (non-hydrogen) atoms. The Kier molecular flexibility index (Phi) is 5.98. The summed E-state index contributed by atoms with van der Waals surface area (Å²) in [4.78, 5) is 33.3. The maximum atomic E-state index is 12.9. The average Bonchev–Trinajstić information content (AvgIpc) is 2.97. The van der Waals surface area contributed by atoms with Crippen LogP contribution < -0.4 is 4.74 Å². The molecule has 1 N–H and O–H groups in total. The molecule has 1 aliphatic heterocycles. The Labute approximate surface area is 170 Å². The van der Waals surface area contributed by atoms with Crippen molar-refractivity contribution in [1.82, 2.24) is 14.8 Å². The van der Waals surface area contributed by atoms with Gasteiger partial charge in [-0.15, -0.1) is 0 Å². The van der Waals surface area contributed by atoms with Crippen molar-refractivity contribution in [2.75, 3.05) is 34.3 Å². The first-order chi connectivity index (χ1) is 13.8. The first kappa shape index (κ1) is 20.5. The van der Waals surface area contributed by atoms with E-state index in [2.05, 4.69) is 4.98 Å². The van der Waals surface area contributed by atoms with E-state index in [1.54, 1.807) is 49.8 Å². The molecule has 2 heterocycles. The molecule has 2 aromatic rings. The number of aromatic nitrogens is 1. The molecule has 1 fully saturated rings. The number of methoxy groups -OCH3 is 1. The van der Waals surface area contributed by atoms with Crippen LogP contribution >= 0.6 is 0 Å². The van der Waals surface area contributed by atoms with Crippen LogP contribution in [0.5, 0.6) is 5.75 Å². The Bertz CT molecular complexity index is 954. The van der Waals surface area contributed by atoms with Gasteiger partial charge in [0.05, 0.1) is 18.7 Å².